The van der Waals surface area contributed by atoms with Gasteiger partial charge in [-0.2, -0.15) is 0 Å². The van der Waals surface area contributed by atoms with E-state index in [1.165, 1.54) is 20.0 Å². The molecule has 1 aliphatic rings. The highest BCUT2D eigenvalue weighted by Crippen LogP contribution is 2.34. The van der Waals surface area contributed by atoms with E-state index in [-0.39, 0.29) is 5.56 Å². The molecular formula is C13H17FN2O5. The fraction of sp³-hybridized carbons (Fsp3) is 0.615. The van der Waals surface area contributed by atoms with Gasteiger partial charge in [-0.1, -0.05) is 6.92 Å². The lowest BCUT2D eigenvalue weighted by Gasteiger charge is -2.17. The lowest BCUT2D eigenvalue weighted by atomic mass is 10.1. The molecule has 1 N–H and O–H groups in total. The van der Waals surface area contributed by atoms with Crippen molar-refractivity contribution >= 4 is 5.97 Å². The Kier molecular flexibility index (Phi) is 4.26. The molecule has 4 unspecified atom stereocenters. The standard InChI is InChI=1S/C13H17FN2O5/c1-4-8-10(20-7(3)17)9(14)12(21-8)16-5-6(2)11(18)15-13(16)19/h5,8-10,12H,4H2,1-3H3,(H,15,18,19). The van der Waals surface area contributed by atoms with Crippen LogP contribution < -0.4 is 11.2 Å². The van der Waals surface area contributed by atoms with Gasteiger partial charge in [0.15, 0.2) is 18.5 Å². The van der Waals surface area contributed by atoms with Gasteiger partial charge in [0.2, 0.25) is 0 Å². The predicted molar refractivity (Wildman–Crippen MR) is 70.7 cm³/mol. The zero-order chi connectivity index (χ0) is 15.7. The number of hydrogen-bond donors (Lipinski definition) is 1. The predicted octanol–water partition coefficient (Wildman–Crippen LogP) is 0.422. The van der Waals surface area contributed by atoms with Crippen LogP contribution in [0, 0.1) is 6.92 Å². The number of nitrogens with zero attached hydrogens (tertiary/aromatic N) is 1. The van der Waals surface area contributed by atoms with Crippen molar-refractivity contribution in [1.29, 1.82) is 0 Å². The normalized spacial score (nSPS) is 28.6. The molecule has 116 valence electrons. The fourth-order valence-electron chi connectivity index (χ4n) is 2.35. The summed E-state index contributed by atoms with van der Waals surface area (Å²) in [5, 5.41) is 0. The highest BCUT2D eigenvalue weighted by molar-refractivity contribution is 5.66. The van der Waals surface area contributed by atoms with Gasteiger partial charge < -0.3 is 9.47 Å². The first kappa shape index (κ1) is 15.4. The van der Waals surface area contributed by atoms with Gasteiger partial charge in [0.05, 0.1) is 0 Å². The molecule has 1 aromatic rings. The molecule has 7 nitrogen and oxygen atoms in total. The second kappa shape index (κ2) is 5.80. The van der Waals surface area contributed by atoms with Crippen LogP contribution in [0.15, 0.2) is 15.8 Å². The molecule has 1 aromatic heterocycles. The molecule has 21 heavy (non-hydrogen) atoms. The summed E-state index contributed by atoms with van der Waals surface area (Å²) in [5.41, 5.74) is -1.04. The number of aryl methyl sites for hydroxylation is 1. The molecule has 0 aromatic carbocycles. The van der Waals surface area contributed by atoms with Crippen LogP contribution in [0.5, 0.6) is 0 Å². The first-order valence-corrected chi connectivity index (χ1v) is 6.64. The molecule has 8 heteroatoms. The van der Waals surface area contributed by atoms with Crippen LogP contribution in [0.3, 0.4) is 0 Å². The van der Waals surface area contributed by atoms with E-state index in [1.54, 1.807) is 6.92 Å². The minimum atomic E-state index is -1.69. The molecular weight excluding hydrogens is 283 g/mol. The highest BCUT2D eigenvalue weighted by Gasteiger charge is 2.47. The third-order valence-corrected chi connectivity index (χ3v) is 3.39. The van der Waals surface area contributed by atoms with Crippen LogP contribution in [0.2, 0.25) is 0 Å². The van der Waals surface area contributed by atoms with Gasteiger partial charge in [-0.3, -0.25) is 19.1 Å². The average Bonchev–Trinajstić information content (AvgIpc) is 2.71. The number of aromatic nitrogens is 2. The van der Waals surface area contributed by atoms with Gasteiger partial charge in [-0.05, 0) is 13.3 Å². The molecule has 0 bridgehead atoms. The van der Waals surface area contributed by atoms with Gasteiger partial charge in [-0.15, -0.1) is 0 Å². The highest BCUT2D eigenvalue weighted by atomic mass is 19.1. The number of halogens is 1. The maximum absolute atomic E-state index is 14.5. The van der Waals surface area contributed by atoms with E-state index in [9.17, 15) is 18.8 Å². The molecule has 2 rings (SSSR count). The first-order chi connectivity index (χ1) is 9.85. The van der Waals surface area contributed by atoms with E-state index in [4.69, 9.17) is 9.47 Å². The molecule has 1 aliphatic heterocycles. The smallest absolute Gasteiger partial charge is 0.330 e. The van der Waals surface area contributed by atoms with E-state index in [2.05, 4.69) is 4.98 Å². The average molecular weight is 300 g/mol. The van der Waals surface area contributed by atoms with Crippen LogP contribution >= 0.6 is 0 Å². The maximum atomic E-state index is 14.5. The minimum absolute atomic E-state index is 0.259. The van der Waals surface area contributed by atoms with Crippen LogP contribution in [-0.4, -0.2) is 33.9 Å². The topological polar surface area (TPSA) is 90.4 Å². The Morgan fingerprint density at radius 1 is 1.52 bits per heavy atom. The van der Waals surface area contributed by atoms with E-state index >= 15 is 0 Å². The van der Waals surface area contributed by atoms with Crippen LogP contribution in [0.4, 0.5) is 4.39 Å². The van der Waals surface area contributed by atoms with Crippen molar-refractivity contribution < 1.29 is 18.7 Å². The summed E-state index contributed by atoms with van der Waals surface area (Å²) in [7, 11) is 0. The first-order valence-electron chi connectivity index (χ1n) is 6.64. The number of carbonyl (C=O) groups is 1. The SMILES string of the molecule is CCC1OC(n2cc(C)c(=O)[nH]c2=O)C(F)C1OC(C)=O. The molecule has 2 heterocycles. The zero-order valence-electron chi connectivity index (χ0n) is 12.0. The van der Waals surface area contributed by atoms with Crippen LogP contribution in [-0.2, 0) is 14.3 Å². The molecule has 0 radical (unpaired) electrons. The summed E-state index contributed by atoms with van der Waals surface area (Å²) in [6.07, 6.45) is -2.98. The van der Waals surface area contributed by atoms with E-state index in [0.717, 1.165) is 4.57 Å². The van der Waals surface area contributed by atoms with E-state index in [1.807, 2.05) is 0 Å². The van der Waals surface area contributed by atoms with Crippen LogP contribution in [0.1, 0.15) is 32.1 Å². The number of H-pyrrole nitrogens is 1. The third-order valence-electron chi connectivity index (χ3n) is 3.39. The van der Waals surface area contributed by atoms with E-state index in [0.29, 0.717) is 6.42 Å². The van der Waals surface area contributed by atoms with Crippen molar-refractivity contribution in [3.05, 3.63) is 32.6 Å². The van der Waals surface area contributed by atoms with Gasteiger partial charge in [0.25, 0.3) is 5.56 Å². The Labute approximate surface area is 119 Å². The van der Waals surface area contributed by atoms with Crippen molar-refractivity contribution in [2.75, 3.05) is 0 Å². The molecule has 0 saturated carbocycles. The summed E-state index contributed by atoms with van der Waals surface area (Å²) < 4.78 is 25.9. The summed E-state index contributed by atoms with van der Waals surface area (Å²) in [6, 6.07) is 0. The number of alkyl halides is 1. The second-order valence-corrected chi connectivity index (χ2v) is 4.97. The third kappa shape index (κ3) is 2.90. The lowest BCUT2D eigenvalue weighted by Crippen LogP contribution is -2.37. The van der Waals surface area contributed by atoms with Crippen molar-refractivity contribution in [3.63, 3.8) is 0 Å². The van der Waals surface area contributed by atoms with Gasteiger partial charge in [0, 0.05) is 18.7 Å². The van der Waals surface area contributed by atoms with Gasteiger partial charge in [-0.25, -0.2) is 9.18 Å². The molecule has 0 aliphatic carbocycles. The Morgan fingerprint density at radius 2 is 2.19 bits per heavy atom. The summed E-state index contributed by atoms with van der Waals surface area (Å²) in [4.78, 5) is 36.3. The monoisotopic (exact) mass is 300 g/mol. The number of nitrogens with one attached hydrogen (secondary N) is 1. The quantitative estimate of drug-likeness (QED) is 0.817. The Balaban J connectivity index is 2.37. The molecule has 4 atom stereocenters. The number of aromatic amines is 1. The number of esters is 1. The Morgan fingerprint density at radius 3 is 2.76 bits per heavy atom. The minimum Gasteiger partial charge on any atom is -0.456 e. The zero-order valence-corrected chi connectivity index (χ0v) is 12.0. The molecule has 1 saturated heterocycles. The molecule has 0 spiro atoms. The largest absolute Gasteiger partial charge is 0.456 e. The molecule has 0 amide bonds. The fourth-order valence-corrected chi connectivity index (χ4v) is 2.35. The number of ether oxygens (including phenoxy) is 2. The lowest BCUT2D eigenvalue weighted by molar-refractivity contribution is -0.151. The second-order valence-electron chi connectivity index (χ2n) is 4.97. The molecule has 1 fully saturated rings. The van der Waals surface area contributed by atoms with Gasteiger partial charge in [0.1, 0.15) is 6.10 Å². The van der Waals surface area contributed by atoms with Gasteiger partial charge >= 0.3 is 11.7 Å². The number of carbonyl (C=O) groups excluding carboxylic acids is 1. The van der Waals surface area contributed by atoms with E-state index < -0.39 is 41.8 Å². The summed E-state index contributed by atoms with van der Waals surface area (Å²) in [6.45, 7) is 4.44. The number of hydrogen-bond acceptors (Lipinski definition) is 5. The Bertz CT molecular complexity index is 653. The Hall–Kier alpha value is -1.96. The number of rotatable bonds is 3. The van der Waals surface area contributed by atoms with Crippen molar-refractivity contribution in [2.24, 2.45) is 0 Å². The summed E-state index contributed by atoms with van der Waals surface area (Å²) >= 11 is 0. The van der Waals surface area contributed by atoms with Crippen molar-refractivity contribution in [3.8, 4) is 0 Å². The van der Waals surface area contributed by atoms with Crippen LogP contribution in [0.25, 0.3) is 0 Å². The summed E-state index contributed by atoms with van der Waals surface area (Å²) in [5.74, 6) is -0.615. The van der Waals surface area contributed by atoms with Crippen molar-refractivity contribution in [1.82, 2.24) is 9.55 Å². The maximum Gasteiger partial charge on any atom is 0.330 e. The van der Waals surface area contributed by atoms with Crippen molar-refractivity contribution in [2.45, 2.75) is 51.8 Å².